The van der Waals surface area contributed by atoms with Gasteiger partial charge in [0, 0.05) is 38.4 Å². The minimum Gasteiger partial charge on any atom is -0.338 e. The van der Waals surface area contributed by atoms with E-state index in [1.807, 2.05) is 9.80 Å². The molecule has 0 radical (unpaired) electrons. The predicted molar refractivity (Wildman–Crippen MR) is 88.2 cm³/mol. The molecule has 4 heterocycles. The number of aromatic nitrogens is 4. The van der Waals surface area contributed by atoms with Gasteiger partial charge in [-0.3, -0.25) is 4.79 Å². The van der Waals surface area contributed by atoms with Crippen molar-refractivity contribution < 1.29 is 9.59 Å². The molecule has 9 nitrogen and oxygen atoms in total. The molecule has 2 aromatic heterocycles. The van der Waals surface area contributed by atoms with Gasteiger partial charge >= 0.3 is 6.03 Å². The lowest BCUT2D eigenvalue weighted by Gasteiger charge is -2.36. The Bertz CT molecular complexity index is 769. The highest BCUT2D eigenvalue weighted by Gasteiger charge is 2.32. The first-order chi connectivity index (χ1) is 12.2. The molecular weight excluding hydrogens is 322 g/mol. The van der Waals surface area contributed by atoms with E-state index >= 15 is 0 Å². The van der Waals surface area contributed by atoms with E-state index < -0.39 is 0 Å². The Morgan fingerprint density at radius 1 is 1.24 bits per heavy atom. The maximum absolute atomic E-state index is 12.9. The lowest BCUT2D eigenvalue weighted by Crippen LogP contribution is -2.47. The first-order valence-corrected chi connectivity index (χ1v) is 8.38. The Morgan fingerprint density at radius 3 is 2.76 bits per heavy atom. The van der Waals surface area contributed by atoms with Crippen molar-refractivity contribution in [2.45, 2.75) is 18.9 Å². The summed E-state index contributed by atoms with van der Waals surface area (Å²) in [6.07, 6.45) is 6.15. The molecular formula is C16H19N7O2. The Hall–Kier alpha value is -2.97. The number of amides is 3. The smallest absolute Gasteiger partial charge is 0.317 e. The zero-order valence-electron chi connectivity index (χ0n) is 13.7. The number of carbonyl (C=O) groups is 2. The molecule has 2 saturated heterocycles. The first kappa shape index (κ1) is 15.6. The van der Waals surface area contributed by atoms with Gasteiger partial charge < -0.3 is 15.1 Å². The number of carbonyl (C=O) groups excluding carboxylic acids is 2. The van der Waals surface area contributed by atoms with Gasteiger partial charge in [-0.15, -0.1) is 0 Å². The molecule has 0 aromatic carbocycles. The van der Waals surface area contributed by atoms with Gasteiger partial charge in [-0.1, -0.05) is 0 Å². The summed E-state index contributed by atoms with van der Waals surface area (Å²) in [4.78, 5) is 36.6. The van der Waals surface area contributed by atoms with Crippen LogP contribution in [0.4, 0.5) is 4.79 Å². The highest BCUT2D eigenvalue weighted by Crippen LogP contribution is 2.21. The van der Waals surface area contributed by atoms with Crippen LogP contribution in [0.25, 0.3) is 5.82 Å². The van der Waals surface area contributed by atoms with Crippen molar-refractivity contribution in [2.24, 2.45) is 0 Å². The van der Waals surface area contributed by atoms with Crippen LogP contribution in [0.3, 0.4) is 0 Å². The second-order valence-corrected chi connectivity index (χ2v) is 6.16. The van der Waals surface area contributed by atoms with Gasteiger partial charge in [0.2, 0.25) is 0 Å². The number of nitrogens with zero attached hydrogens (tertiary/aromatic N) is 6. The van der Waals surface area contributed by atoms with Crippen LogP contribution in [0.1, 0.15) is 23.2 Å². The third kappa shape index (κ3) is 2.92. The number of rotatable bonds is 3. The molecule has 1 N–H and O–H groups in total. The molecule has 2 aliphatic rings. The van der Waals surface area contributed by atoms with Crippen molar-refractivity contribution in [3.8, 4) is 5.82 Å². The Labute approximate surface area is 144 Å². The molecule has 0 spiro atoms. The number of hydrogen-bond acceptors (Lipinski definition) is 5. The van der Waals surface area contributed by atoms with E-state index in [1.165, 1.54) is 17.3 Å². The summed E-state index contributed by atoms with van der Waals surface area (Å²) in [5.41, 5.74) is 0.505. The van der Waals surface area contributed by atoms with Crippen molar-refractivity contribution in [3.63, 3.8) is 0 Å². The third-order valence-electron chi connectivity index (χ3n) is 4.74. The summed E-state index contributed by atoms with van der Waals surface area (Å²) in [6.45, 7) is 2.70. The van der Waals surface area contributed by atoms with Crippen molar-refractivity contribution in [1.29, 1.82) is 0 Å². The lowest BCUT2D eigenvalue weighted by molar-refractivity contribution is 0.0665. The van der Waals surface area contributed by atoms with Crippen LogP contribution in [0, 0.1) is 0 Å². The van der Waals surface area contributed by atoms with E-state index in [4.69, 9.17) is 0 Å². The van der Waals surface area contributed by atoms with Crippen LogP contribution in [0.5, 0.6) is 0 Å². The van der Waals surface area contributed by atoms with Gasteiger partial charge in [0.1, 0.15) is 12.7 Å². The van der Waals surface area contributed by atoms with Crippen molar-refractivity contribution in [3.05, 3.63) is 36.5 Å². The van der Waals surface area contributed by atoms with E-state index in [9.17, 15) is 9.59 Å². The highest BCUT2D eigenvalue weighted by atomic mass is 16.2. The summed E-state index contributed by atoms with van der Waals surface area (Å²) >= 11 is 0. The Morgan fingerprint density at radius 2 is 2.08 bits per heavy atom. The highest BCUT2D eigenvalue weighted by molar-refractivity contribution is 5.97. The molecule has 25 heavy (non-hydrogen) atoms. The standard InChI is InChI=1S/C16H19N7O2/c24-15(13-2-1-5-18-14(13)23-11-17-10-20-23)21-7-3-12(4-8-21)22-9-6-19-16(22)25/h1-2,5,10-12H,3-4,6-9H2,(H,19,25). The lowest BCUT2D eigenvalue weighted by atomic mass is 10.0. The van der Waals surface area contributed by atoms with Crippen LogP contribution >= 0.6 is 0 Å². The molecule has 9 heteroatoms. The van der Waals surface area contributed by atoms with Gasteiger partial charge in [0.15, 0.2) is 5.82 Å². The normalized spacial score (nSPS) is 18.5. The van der Waals surface area contributed by atoms with Crippen LogP contribution in [-0.2, 0) is 0 Å². The van der Waals surface area contributed by atoms with E-state index in [0.717, 1.165) is 19.4 Å². The van der Waals surface area contributed by atoms with Gasteiger partial charge in [-0.05, 0) is 25.0 Å². The van der Waals surface area contributed by atoms with E-state index in [-0.39, 0.29) is 18.0 Å². The van der Waals surface area contributed by atoms with Crippen LogP contribution in [0.2, 0.25) is 0 Å². The number of pyridine rings is 1. The van der Waals surface area contributed by atoms with Gasteiger partial charge in [0.05, 0.1) is 5.56 Å². The molecule has 4 rings (SSSR count). The Balaban J connectivity index is 1.47. The van der Waals surface area contributed by atoms with E-state index in [0.29, 0.717) is 31.0 Å². The molecule has 0 saturated carbocycles. The van der Waals surface area contributed by atoms with Crippen molar-refractivity contribution >= 4 is 11.9 Å². The van der Waals surface area contributed by atoms with Gasteiger partial charge in [-0.2, -0.15) is 5.10 Å². The number of hydrogen-bond donors (Lipinski definition) is 1. The van der Waals surface area contributed by atoms with Crippen LogP contribution in [0.15, 0.2) is 31.0 Å². The summed E-state index contributed by atoms with van der Waals surface area (Å²) in [5, 5.41) is 6.90. The van der Waals surface area contributed by atoms with Crippen molar-refractivity contribution in [1.82, 2.24) is 34.9 Å². The minimum atomic E-state index is -0.0667. The van der Waals surface area contributed by atoms with Crippen molar-refractivity contribution in [2.75, 3.05) is 26.2 Å². The number of urea groups is 1. The largest absolute Gasteiger partial charge is 0.338 e. The monoisotopic (exact) mass is 341 g/mol. The average molecular weight is 341 g/mol. The molecule has 0 atom stereocenters. The van der Waals surface area contributed by atoms with Gasteiger partial charge in [-0.25, -0.2) is 19.4 Å². The summed E-state index contributed by atoms with van der Waals surface area (Å²) in [7, 11) is 0. The minimum absolute atomic E-state index is 0.00510. The SMILES string of the molecule is O=C(c1cccnc1-n1cncn1)N1CCC(N2CCNC2=O)CC1. The average Bonchev–Trinajstić information content (AvgIpc) is 3.33. The summed E-state index contributed by atoms with van der Waals surface area (Å²) in [6, 6.07) is 3.71. The zero-order valence-corrected chi connectivity index (χ0v) is 13.7. The maximum atomic E-state index is 12.9. The Kier molecular flexibility index (Phi) is 4.04. The predicted octanol–water partition coefficient (Wildman–Crippen LogP) is 0.292. The fourth-order valence-corrected chi connectivity index (χ4v) is 3.45. The number of nitrogens with one attached hydrogen (secondary N) is 1. The van der Waals surface area contributed by atoms with E-state index in [1.54, 1.807) is 18.3 Å². The topological polar surface area (TPSA) is 96.2 Å². The zero-order chi connectivity index (χ0) is 17.2. The third-order valence-corrected chi connectivity index (χ3v) is 4.74. The molecule has 0 unspecified atom stereocenters. The number of piperidine rings is 1. The first-order valence-electron chi connectivity index (χ1n) is 8.38. The fourth-order valence-electron chi connectivity index (χ4n) is 3.45. The second kappa shape index (κ2) is 6.50. The summed E-state index contributed by atoms with van der Waals surface area (Å²) in [5.74, 6) is 0.411. The van der Waals surface area contributed by atoms with Crippen LogP contribution in [-0.4, -0.2) is 73.7 Å². The quantitative estimate of drug-likeness (QED) is 0.866. The maximum Gasteiger partial charge on any atom is 0.317 e. The molecule has 130 valence electrons. The molecule has 2 fully saturated rings. The molecule has 2 aliphatic heterocycles. The fraction of sp³-hybridized carbons (Fsp3) is 0.438. The molecule has 0 bridgehead atoms. The molecule has 0 aliphatic carbocycles. The molecule has 2 aromatic rings. The van der Waals surface area contributed by atoms with E-state index in [2.05, 4.69) is 20.4 Å². The second-order valence-electron chi connectivity index (χ2n) is 6.16. The summed E-state index contributed by atoms with van der Waals surface area (Å²) < 4.78 is 1.49. The van der Waals surface area contributed by atoms with Gasteiger partial charge in [0.25, 0.3) is 5.91 Å². The molecule has 3 amide bonds. The van der Waals surface area contributed by atoms with Crippen LogP contribution < -0.4 is 5.32 Å². The number of likely N-dealkylation sites (tertiary alicyclic amines) is 1.